The summed E-state index contributed by atoms with van der Waals surface area (Å²) < 4.78 is 12.1. The second-order valence-corrected chi connectivity index (χ2v) is 8.61. The van der Waals surface area contributed by atoms with Crippen molar-refractivity contribution in [3.63, 3.8) is 0 Å². The summed E-state index contributed by atoms with van der Waals surface area (Å²) in [4.78, 5) is 21.8. The Hall–Kier alpha value is -2.64. The number of thiazole rings is 1. The summed E-state index contributed by atoms with van der Waals surface area (Å²) in [5, 5.41) is 1.11. The molecule has 2 aromatic carbocycles. The van der Waals surface area contributed by atoms with E-state index in [9.17, 15) is 4.79 Å². The predicted octanol–water partition coefficient (Wildman–Crippen LogP) is 4.11. The van der Waals surface area contributed by atoms with E-state index in [0.29, 0.717) is 24.6 Å². The third-order valence-corrected chi connectivity index (χ3v) is 6.75. The van der Waals surface area contributed by atoms with E-state index in [4.69, 9.17) is 14.5 Å². The lowest BCUT2D eigenvalue weighted by atomic mass is 10.1. The summed E-state index contributed by atoms with van der Waals surface area (Å²) in [5.74, 6) is 1.44. The Labute approximate surface area is 181 Å². The summed E-state index contributed by atoms with van der Waals surface area (Å²) in [7, 11) is 5.08. The van der Waals surface area contributed by atoms with E-state index in [0.717, 1.165) is 35.5 Å². The van der Waals surface area contributed by atoms with E-state index in [1.807, 2.05) is 37.4 Å². The number of hydrogen-bond donors (Lipinski definition) is 0. The van der Waals surface area contributed by atoms with Crippen LogP contribution in [-0.2, 0) is 11.3 Å². The van der Waals surface area contributed by atoms with Crippen LogP contribution in [0.25, 0.3) is 10.2 Å². The van der Waals surface area contributed by atoms with Gasteiger partial charge < -0.3 is 14.4 Å². The van der Waals surface area contributed by atoms with Crippen molar-refractivity contribution < 1.29 is 14.3 Å². The molecule has 1 fully saturated rings. The number of nitrogens with zero attached hydrogens (tertiary/aromatic N) is 3. The minimum atomic E-state index is 0.0906. The minimum absolute atomic E-state index is 0.0906. The van der Waals surface area contributed by atoms with Crippen LogP contribution in [0.2, 0.25) is 0 Å². The average Bonchev–Trinajstić information content (AvgIpc) is 3.39. The number of aromatic nitrogens is 1. The Bertz CT molecular complexity index is 1000. The molecule has 1 saturated heterocycles. The lowest BCUT2D eigenvalue weighted by Crippen LogP contribution is -2.37. The number of fused-ring (bicyclic) bond motifs is 1. The molecule has 4 rings (SSSR count). The van der Waals surface area contributed by atoms with Crippen molar-refractivity contribution >= 4 is 27.5 Å². The van der Waals surface area contributed by atoms with Crippen LogP contribution in [0.3, 0.4) is 0 Å². The lowest BCUT2D eigenvalue weighted by Gasteiger charge is -2.26. The van der Waals surface area contributed by atoms with E-state index in [2.05, 4.69) is 17.0 Å². The fourth-order valence-electron chi connectivity index (χ4n) is 4.04. The summed E-state index contributed by atoms with van der Waals surface area (Å²) in [6, 6.07) is 14.2. The molecule has 0 aliphatic carbocycles. The number of para-hydroxylation sites is 2. The zero-order valence-corrected chi connectivity index (χ0v) is 18.4. The maximum Gasteiger partial charge on any atom is 0.236 e. The SMILES string of the molecule is COc1cccc(CN(C)C(=O)CN2CCCC2c2nc3ccccc3s2)c1OC. The van der Waals surface area contributed by atoms with E-state index >= 15 is 0 Å². The molecular formula is C23H27N3O3S. The Balaban J connectivity index is 1.45. The maximum absolute atomic E-state index is 13.0. The highest BCUT2D eigenvalue weighted by Crippen LogP contribution is 2.36. The molecule has 7 heteroatoms. The van der Waals surface area contributed by atoms with Crippen LogP contribution >= 0.6 is 11.3 Å². The molecule has 158 valence electrons. The van der Waals surface area contributed by atoms with E-state index in [1.54, 1.807) is 30.5 Å². The highest BCUT2D eigenvalue weighted by molar-refractivity contribution is 7.18. The van der Waals surface area contributed by atoms with Crippen molar-refractivity contribution in [2.75, 3.05) is 34.4 Å². The zero-order valence-electron chi connectivity index (χ0n) is 17.6. The van der Waals surface area contributed by atoms with Crippen LogP contribution in [0.1, 0.15) is 29.5 Å². The Morgan fingerprint density at radius 2 is 2.03 bits per heavy atom. The molecular weight excluding hydrogens is 398 g/mol. The van der Waals surface area contributed by atoms with Gasteiger partial charge in [-0.15, -0.1) is 11.3 Å². The van der Waals surface area contributed by atoms with Gasteiger partial charge in [-0.25, -0.2) is 4.98 Å². The van der Waals surface area contributed by atoms with Crippen LogP contribution in [0.15, 0.2) is 42.5 Å². The Morgan fingerprint density at radius 3 is 2.80 bits per heavy atom. The van der Waals surface area contributed by atoms with Crippen molar-refractivity contribution in [1.29, 1.82) is 0 Å². The Kier molecular flexibility index (Phi) is 6.20. The molecule has 30 heavy (non-hydrogen) atoms. The average molecular weight is 426 g/mol. The largest absolute Gasteiger partial charge is 0.493 e. The minimum Gasteiger partial charge on any atom is -0.493 e. The van der Waals surface area contributed by atoms with Gasteiger partial charge in [0.2, 0.25) is 5.91 Å². The van der Waals surface area contributed by atoms with Crippen molar-refractivity contribution in [2.45, 2.75) is 25.4 Å². The second kappa shape index (κ2) is 9.02. The van der Waals surface area contributed by atoms with Crippen LogP contribution in [0.5, 0.6) is 11.5 Å². The zero-order chi connectivity index (χ0) is 21.1. The van der Waals surface area contributed by atoms with Crippen molar-refractivity contribution in [3.8, 4) is 11.5 Å². The monoisotopic (exact) mass is 425 g/mol. The first kappa shape index (κ1) is 20.6. The quantitative estimate of drug-likeness (QED) is 0.570. The summed E-state index contributed by atoms with van der Waals surface area (Å²) >= 11 is 1.74. The van der Waals surface area contributed by atoms with E-state index < -0.39 is 0 Å². The standard InChI is InChI=1S/C23H27N3O3S/c1-25(14-16-8-6-11-19(28-2)22(16)29-3)21(27)15-26-13-7-10-18(26)23-24-17-9-4-5-12-20(17)30-23/h4-6,8-9,11-12,18H,7,10,13-15H2,1-3H3. The Morgan fingerprint density at radius 1 is 1.20 bits per heavy atom. The van der Waals surface area contributed by atoms with Crippen molar-refractivity contribution in [1.82, 2.24) is 14.8 Å². The molecule has 3 aromatic rings. The van der Waals surface area contributed by atoms with Gasteiger partial charge in [-0.05, 0) is 37.6 Å². The molecule has 0 N–H and O–H groups in total. The first-order valence-electron chi connectivity index (χ1n) is 10.1. The van der Waals surface area contributed by atoms with Gasteiger partial charge in [0, 0.05) is 19.2 Å². The van der Waals surface area contributed by atoms with Gasteiger partial charge in [0.15, 0.2) is 11.5 Å². The second-order valence-electron chi connectivity index (χ2n) is 7.55. The number of rotatable bonds is 7. The molecule has 1 aliphatic heterocycles. The molecule has 0 radical (unpaired) electrons. The van der Waals surface area contributed by atoms with Gasteiger partial charge in [0.25, 0.3) is 0 Å². The number of likely N-dealkylation sites (tertiary alicyclic amines) is 1. The van der Waals surface area contributed by atoms with Gasteiger partial charge in [-0.2, -0.15) is 0 Å². The van der Waals surface area contributed by atoms with Gasteiger partial charge in [-0.3, -0.25) is 9.69 Å². The van der Waals surface area contributed by atoms with E-state index in [-0.39, 0.29) is 11.9 Å². The molecule has 0 spiro atoms. The molecule has 1 aromatic heterocycles. The third-order valence-electron chi connectivity index (χ3n) is 5.62. The smallest absolute Gasteiger partial charge is 0.236 e. The van der Waals surface area contributed by atoms with Crippen molar-refractivity contribution in [2.24, 2.45) is 0 Å². The van der Waals surface area contributed by atoms with Gasteiger partial charge in [-0.1, -0.05) is 24.3 Å². The fourth-order valence-corrected chi connectivity index (χ4v) is 5.18. The number of benzene rings is 2. The number of carbonyl (C=O) groups excluding carboxylic acids is 1. The highest BCUT2D eigenvalue weighted by Gasteiger charge is 2.31. The maximum atomic E-state index is 13.0. The molecule has 1 atom stereocenters. The first-order chi connectivity index (χ1) is 14.6. The van der Waals surface area contributed by atoms with Crippen LogP contribution in [0, 0.1) is 0 Å². The van der Waals surface area contributed by atoms with Crippen LogP contribution < -0.4 is 9.47 Å². The van der Waals surface area contributed by atoms with Crippen LogP contribution in [0.4, 0.5) is 0 Å². The predicted molar refractivity (Wildman–Crippen MR) is 119 cm³/mol. The molecule has 0 saturated carbocycles. The molecule has 1 amide bonds. The summed E-state index contributed by atoms with van der Waals surface area (Å²) in [5.41, 5.74) is 1.97. The van der Waals surface area contributed by atoms with Gasteiger partial charge in [0.1, 0.15) is 5.01 Å². The summed E-state index contributed by atoms with van der Waals surface area (Å²) in [6.07, 6.45) is 2.13. The van der Waals surface area contributed by atoms with Crippen LogP contribution in [-0.4, -0.2) is 55.0 Å². The normalized spacial score (nSPS) is 16.7. The van der Waals surface area contributed by atoms with Gasteiger partial charge in [0.05, 0.1) is 37.0 Å². The highest BCUT2D eigenvalue weighted by atomic mass is 32.1. The number of likely N-dealkylation sites (N-methyl/N-ethyl adjacent to an activating group) is 1. The van der Waals surface area contributed by atoms with Gasteiger partial charge >= 0.3 is 0 Å². The number of ether oxygens (including phenoxy) is 2. The lowest BCUT2D eigenvalue weighted by molar-refractivity contribution is -0.131. The van der Waals surface area contributed by atoms with Crippen molar-refractivity contribution in [3.05, 3.63) is 53.0 Å². The number of carbonyl (C=O) groups is 1. The number of hydrogen-bond acceptors (Lipinski definition) is 6. The molecule has 0 bridgehead atoms. The first-order valence-corrected chi connectivity index (χ1v) is 11.0. The third kappa shape index (κ3) is 4.13. The number of amides is 1. The molecule has 1 unspecified atom stereocenters. The molecule has 1 aliphatic rings. The topological polar surface area (TPSA) is 54.9 Å². The number of methoxy groups -OCH3 is 2. The fraction of sp³-hybridized carbons (Fsp3) is 0.391. The summed E-state index contributed by atoms with van der Waals surface area (Å²) in [6.45, 7) is 1.78. The molecule has 2 heterocycles. The van der Waals surface area contributed by atoms with E-state index in [1.165, 1.54) is 4.70 Å². The molecule has 6 nitrogen and oxygen atoms in total.